The zero-order chi connectivity index (χ0) is 39.7. The molecule has 2 fully saturated rings. The third-order valence-electron chi connectivity index (χ3n) is 15.5. The van der Waals surface area contributed by atoms with Gasteiger partial charge in [-0.2, -0.15) is 0 Å². The summed E-state index contributed by atoms with van der Waals surface area (Å²) in [6, 6.07) is 55.6. The van der Waals surface area contributed by atoms with Gasteiger partial charge in [0.2, 0.25) is 0 Å². The van der Waals surface area contributed by atoms with Crippen LogP contribution < -0.4 is 0 Å². The van der Waals surface area contributed by atoms with Crippen LogP contribution in [-0.2, 0) is 10.8 Å². The highest BCUT2D eigenvalue weighted by atomic mass is 15.0. The largest absolute Gasteiger partial charge is 0.208 e. The second-order valence-electron chi connectivity index (χ2n) is 18.5. The highest BCUT2D eigenvalue weighted by molar-refractivity contribution is 5.77. The van der Waals surface area contributed by atoms with Gasteiger partial charge in [-0.15, -0.1) is 0 Å². The van der Waals surface area contributed by atoms with Crippen molar-refractivity contribution in [1.82, 2.24) is 15.0 Å². The van der Waals surface area contributed by atoms with Gasteiger partial charge in [0.1, 0.15) is 0 Å². The van der Waals surface area contributed by atoms with Gasteiger partial charge in [-0.1, -0.05) is 196 Å². The van der Waals surface area contributed by atoms with E-state index in [-0.39, 0.29) is 5.41 Å². The molecule has 6 aromatic carbocycles. The van der Waals surface area contributed by atoms with Gasteiger partial charge in [0.25, 0.3) is 0 Å². The molecule has 60 heavy (non-hydrogen) atoms. The first-order valence-corrected chi connectivity index (χ1v) is 22.7. The number of hydrogen-bond donors (Lipinski definition) is 0. The zero-order valence-electron chi connectivity index (χ0n) is 34.4. The van der Waals surface area contributed by atoms with Gasteiger partial charge in [0.15, 0.2) is 17.5 Å². The summed E-state index contributed by atoms with van der Waals surface area (Å²) in [5.74, 6) is 3.84. The van der Waals surface area contributed by atoms with E-state index < -0.39 is 0 Å². The smallest absolute Gasteiger partial charge is 0.164 e. The number of benzene rings is 6. The lowest BCUT2D eigenvalue weighted by atomic mass is 9.58. The monoisotopic (exact) mass is 777 g/mol. The molecule has 0 bridgehead atoms. The molecule has 0 radical (unpaired) electrons. The van der Waals surface area contributed by atoms with E-state index in [1.54, 1.807) is 27.8 Å². The highest BCUT2D eigenvalue weighted by Gasteiger charge is 2.58. The Balaban J connectivity index is 0.889. The van der Waals surface area contributed by atoms with Crippen LogP contribution in [0, 0.1) is 5.92 Å². The summed E-state index contributed by atoms with van der Waals surface area (Å²) in [4.78, 5) is 14.8. The molecule has 2 spiro atoms. The van der Waals surface area contributed by atoms with Gasteiger partial charge in [-0.3, -0.25) is 0 Å². The average Bonchev–Trinajstić information content (AvgIpc) is 3.73. The molecular formula is C57H51N3. The Morgan fingerprint density at radius 3 is 1.58 bits per heavy atom. The molecule has 2 saturated carbocycles. The van der Waals surface area contributed by atoms with E-state index in [0.29, 0.717) is 40.6 Å². The van der Waals surface area contributed by atoms with Crippen LogP contribution in [0.4, 0.5) is 0 Å². The molecule has 0 N–H and O–H groups in total. The molecule has 7 aromatic rings. The molecule has 0 amide bonds. The Labute approximate surface area is 354 Å². The predicted octanol–water partition coefficient (Wildman–Crippen LogP) is 14.5. The summed E-state index contributed by atoms with van der Waals surface area (Å²) in [5.41, 5.74) is 17.0. The molecule has 3 atom stereocenters. The van der Waals surface area contributed by atoms with Crippen molar-refractivity contribution in [3.63, 3.8) is 0 Å². The van der Waals surface area contributed by atoms with E-state index >= 15 is 0 Å². The Kier molecular flexibility index (Phi) is 8.61. The Morgan fingerprint density at radius 2 is 0.917 bits per heavy atom. The summed E-state index contributed by atoms with van der Waals surface area (Å²) in [5, 5.41) is 0. The second-order valence-corrected chi connectivity index (χ2v) is 18.5. The fourth-order valence-corrected chi connectivity index (χ4v) is 12.8. The minimum absolute atomic E-state index is 0.213. The second kappa shape index (κ2) is 14.4. The van der Waals surface area contributed by atoms with Crippen molar-refractivity contribution in [2.75, 3.05) is 0 Å². The average molecular weight is 778 g/mol. The highest BCUT2D eigenvalue weighted by Crippen LogP contribution is 2.68. The van der Waals surface area contributed by atoms with Crippen molar-refractivity contribution in [2.24, 2.45) is 5.92 Å². The van der Waals surface area contributed by atoms with Crippen LogP contribution in [0.3, 0.4) is 0 Å². The van der Waals surface area contributed by atoms with Crippen LogP contribution in [0.1, 0.15) is 105 Å². The fourth-order valence-electron chi connectivity index (χ4n) is 12.8. The third-order valence-corrected chi connectivity index (χ3v) is 15.5. The van der Waals surface area contributed by atoms with E-state index in [0.717, 1.165) is 16.7 Å². The third kappa shape index (κ3) is 5.72. The summed E-state index contributed by atoms with van der Waals surface area (Å²) < 4.78 is 0. The first-order valence-electron chi connectivity index (χ1n) is 22.7. The van der Waals surface area contributed by atoms with Gasteiger partial charge >= 0.3 is 0 Å². The lowest BCUT2D eigenvalue weighted by Crippen LogP contribution is -2.38. The Morgan fingerprint density at radius 1 is 0.400 bits per heavy atom. The van der Waals surface area contributed by atoms with Gasteiger partial charge < -0.3 is 0 Å². The number of aromatic nitrogens is 3. The number of rotatable bonds is 5. The van der Waals surface area contributed by atoms with Gasteiger partial charge in [0.05, 0.1) is 0 Å². The van der Waals surface area contributed by atoms with Crippen molar-refractivity contribution in [3.8, 4) is 56.4 Å². The van der Waals surface area contributed by atoms with Crippen molar-refractivity contribution in [1.29, 1.82) is 0 Å². The van der Waals surface area contributed by atoms with Gasteiger partial charge in [-0.25, -0.2) is 15.0 Å². The normalized spacial score (nSPS) is 21.8. The van der Waals surface area contributed by atoms with E-state index in [2.05, 4.69) is 121 Å². The number of nitrogens with zero attached hydrogens (tertiary/aromatic N) is 3. The SMILES string of the molecule is C1=C2C(CC3C1c1ccccc1C31CCCCC1)c1cc(-c3cccc(-c4ccc(-c5nc(-c6ccccc6)nc(-c6ccccc6)n5)cc4)c3)ccc1C21CCCCC1. The maximum atomic E-state index is 4.97. The predicted molar refractivity (Wildman–Crippen MR) is 245 cm³/mol. The van der Waals surface area contributed by atoms with Crippen molar-refractivity contribution >= 4 is 0 Å². The summed E-state index contributed by atoms with van der Waals surface area (Å²) in [7, 11) is 0. The molecule has 0 saturated heterocycles. The van der Waals surface area contributed by atoms with Crippen LogP contribution in [0.15, 0.2) is 163 Å². The topological polar surface area (TPSA) is 38.7 Å². The minimum atomic E-state index is 0.213. The standard InChI is InChI=1S/C57H51N3/c1-5-16-39(17-6-1)53-58-54(40-18-7-2-8-19-40)60-55(59-53)41-26-24-38(25-27-41)42-20-15-21-43(34-42)44-28-29-50-46(35-44)48-37-51-47(36-52(48)57(50)32-13-4-14-33-57)45-22-9-10-23-49(45)56(51)30-11-3-12-31-56/h1-2,5-10,15-29,34-36,47-48,51H,3-4,11-14,30-33,37H2. The van der Waals surface area contributed by atoms with Crippen LogP contribution >= 0.6 is 0 Å². The molecule has 3 heteroatoms. The Bertz CT molecular complexity index is 2700. The minimum Gasteiger partial charge on any atom is -0.208 e. The first-order chi connectivity index (χ1) is 29.7. The molecular weight excluding hydrogens is 727 g/mol. The summed E-state index contributed by atoms with van der Waals surface area (Å²) in [6.45, 7) is 0. The molecule has 5 aliphatic carbocycles. The van der Waals surface area contributed by atoms with E-state index in [1.165, 1.54) is 92.9 Å². The van der Waals surface area contributed by atoms with Crippen LogP contribution in [0.5, 0.6) is 0 Å². The number of fused-ring (bicyclic) bond motifs is 10. The zero-order valence-corrected chi connectivity index (χ0v) is 34.4. The number of allylic oxidation sites excluding steroid dienone is 2. The van der Waals surface area contributed by atoms with Crippen LogP contribution in [0.2, 0.25) is 0 Å². The fraction of sp³-hybridized carbons (Fsp3) is 0.281. The quantitative estimate of drug-likeness (QED) is 0.163. The lowest BCUT2D eigenvalue weighted by molar-refractivity contribution is 0.175. The number of hydrogen-bond acceptors (Lipinski definition) is 3. The maximum Gasteiger partial charge on any atom is 0.164 e. The van der Waals surface area contributed by atoms with E-state index in [4.69, 9.17) is 15.0 Å². The van der Waals surface area contributed by atoms with Crippen LogP contribution in [-0.4, -0.2) is 15.0 Å². The van der Waals surface area contributed by atoms with E-state index in [1.807, 2.05) is 36.4 Å². The lowest BCUT2D eigenvalue weighted by Gasteiger charge is -2.46. The van der Waals surface area contributed by atoms with Crippen molar-refractivity contribution in [3.05, 3.63) is 186 Å². The van der Waals surface area contributed by atoms with Gasteiger partial charge in [-0.05, 0) is 94.0 Å². The van der Waals surface area contributed by atoms with Crippen LogP contribution in [0.25, 0.3) is 56.4 Å². The summed E-state index contributed by atoms with van der Waals surface area (Å²) >= 11 is 0. The Hall–Kier alpha value is -5.93. The molecule has 1 aromatic heterocycles. The molecule has 0 aliphatic heterocycles. The molecule has 12 rings (SSSR count). The van der Waals surface area contributed by atoms with E-state index in [9.17, 15) is 0 Å². The van der Waals surface area contributed by atoms with Crippen molar-refractivity contribution in [2.45, 2.75) is 93.3 Å². The molecule has 1 heterocycles. The van der Waals surface area contributed by atoms with Gasteiger partial charge in [0, 0.05) is 33.9 Å². The molecule has 3 nitrogen and oxygen atoms in total. The molecule has 294 valence electrons. The molecule has 3 unspecified atom stereocenters. The molecule has 5 aliphatic rings. The first kappa shape index (κ1) is 36.0. The maximum absolute atomic E-state index is 4.97. The summed E-state index contributed by atoms with van der Waals surface area (Å²) in [6.07, 6.45) is 17.7. The van der Waals surface area contributed by atoms with Crippen molar-refractivity contribution < 1.29 is 0 Å².